The topological polar surface area (TPSA) is 105 Å². The lowest BCUT2D eigenvalue weighted by Crippen LogP contribution is -2.22. The summed E-state index contributed by atoms with van der Waals surface area (Å²) in [6, 6.07) is 22.9. The Bertz CT molecular complexity index is 1660. The van der Waals surface area contributed by atoms with Gasteiger partial charge in [-0.1, -0.05) is 38.1 Å². The maximum atomic E-state index is 11.1. The Labute approximate surface area is 302 Å². The minimum Gasteiger partial charge on any atom is -0.496 e. The Morgan fingerprint density at radius 1 is 0.510 bits per heavy atom. The molecule has 4 aromatic carbocycles. The van der Waals surface area contributed by atoms with Crippen molar-refractivity contribution < 1.29 is 43.4 Å². The Kier molecular flexibility index (Phi) is 12.1. The van der Waals surface area contributed by atoms with Crippen LogP contribution < -0.4 is 28.4 Å². The first-order valence-electron chi connectivity index (χ1n) is 17.4. The van der Waals surface area contributed by atoms with Crippen LogP contribution in [0.5, 0.6) is 34.5 Å². The third-order valence-corrected chi connectivity index (χ3v) is 10.1. The highest BCUT2D eigenvalue weighted by atomic mass is 16.5. The molecule has 9 nitrogen and oxygen atoms in total. The molecule has 1 aliphatic heterocycles. The number of ether oxygens (including phenoxy) is 7. The summed E-state index contributed by atoms with van der Waals surface area (Å²) in [5.74, 6) is 4.12. The van der Waals surface area contributed by atoms with Crippen LogP contribution in [0.1, 0.15) is 85.5 Å². The lowest BCUT2D eigenvalue weighted by atomic mass is 9.85. The Hall–Kier alpha value is -4.44. The van der Waals surface area contributed by atoms with Crippen LogP contribution in [-0.4, -0.2) is 50.9 Å². The smallest absolute Gasteiger partial charge is 0.161 e. The highest BCUT2D eigenvalue weighted by molar-refractivity contribution is 5.46. The quantitative estimate of drug-likeness (QED) is 0.134. The largest absolute Gasteiger partial charge is 0.496 e. The molecule has 0 saturated carbocycles. The number of aryl methyl sites for hydroxylation is 2. The van der Waals surface area contributed by atoms with E-state index in [0.29, 0.717) is 23.0 Å². The zero-order chi connectivity index (χ0) is 37.0. The maximum Gasteiger partial charge on any atom is 0.161 e. The lowest BCUT2D eigenvalue weighted by molar-refractivity contribution is 0.0281. The van der Waals surface area contributed by atoms with Crippen molar-refractivity contribution in [1.82, 2.24) is 0 Å². The molecule has 0 bridgehead atoms. The molecule has 4 aromatic rings. The van der Waals surface area contributed by atoms with Crippen LogP contribution in [0.25, 0.3) is 0 Å². The van der Waals surface area contributed by atoms with Gasteiger partial charge in [0.2, 0.25) is 0 Å². The molecule has 9 heteroatoms. The van der Waals surface area contributed by atoms with Crippen molar-refractivity contribution in [3.05, 3.63) is 106 Å². The van der Waals surface area contributed by atoms with Crippen molar-refractivity contribution >= 4 is 0 Å². The first kappa shape index (κ1) is 37.8. The van der Waals surface area contributed by atoms with E-state index < -0.39 is 24.4 Å². The molecular formula is C42H52O9. The predicted octanol–water partition coefficient (Wildman–Crippen LogP) is 8.42. The Morgan fingerprint density at radius 3 is 1.20 bits per heavy atom. The molecule has 274 valence electrons. The normalized spacial score (nSPS) is 20.9. The van der Waals surface area contributed by atoms with Crippen molar-refractivity contribution in [1.29, 1.82) is 0 Å². The fourth-order valence-electron chi connectivity index (χ4n) is 6.88. The van der Waals surface area contributed by atoms with E-state index in [1.165, 1.54) is 0 Å². The van der Waals surface area contributed by atoms with Gasteiger partial charge in [0, 0.05) is 0 Å². The molecule has 0 spiro atoms. The monoisotopic (exact) mass is 700 g/mol. The number of hydrogen-bond acceptors (Lipinski definition) is 9. The van der Waals surface area contributed by atoms with E-state index in [4.69, 9.17) is 33.2 Å². The van der Waals surface area contributed by atoms with Gasteiger partial charge in [0.1, 0.15) is 35.9 Å². The molecule has 0 radical (unpaired) electrons. The summed E-state index contributed by atoms with van der Waals surface area (Å²) in [5.41, 5.74) is 5.32. The molecule has 2 N–H and O–H groups in total. The van der Waals surface area contributed by atoms with E-state index >= 15 is 0 Å². The van der Waals surface area contributed by atoms with E-state index in [9.17, 15) is 10.2 Å². The van der Waals surface area contributed by atoms with Crippen molar-refractivity contribution in [2.24, 2.45) is 11.8 Å². The average molecular weight is 701 g/mol. The highest BCUT2D eigenvalue weighted by Crippen LogP contribution is 2.51. The van der Waals surface area contributed by atoms with Crippen molar-refractivity contribution in [2.45, 2.75) is 78.2 Å². The number of rotatable bonds is 14. The SMILES string of the molecule is COc1ccc([C@@H](O)[C@@H](C)Oc2ccc(C3OC(c4ccc(O[C@H](C)[C@H](O)c5ccc(OC)c(C)c5)c(OC)c4)[C@H](C)[C@@H]3C)cc2OC)cc1C. The van der Waals surface area contributed by atoms with E-state index in [-0.39, 0.29) is 24.0 Å². The standard InChI is InChI=1S/C42H52O9/c1-23-19-29(11-15-33(23)45-7)39(43)27(5)49-35-17-13-31(21-37(35)47-9)41-25(3)26(4)42(51-41)32-14-18-36(38(22-32)48-10)50-28(6)40(44)30-12-16-34(46-8)24(2)20-30/h11-22,25-28,39-44H,1-10H3/t25-,26+,27-,28-,39+,40+,41?,42?/m1/s1. The van der Waals surface area contributed by atoms with Crippen LogP contribution >= 0.6 is 0 Å². The molecule has 51 heavy (non-hydrogen) atoms. The third-order valence-electron chi connectivity index (χ3n) is 10.1. The van der Waals surface area contributed by atoms with Crippen LogP contribution in [-0.2, 0) is 4.74 Å². The lowest BCUT2D eigenvalue weighted by Gasteiger charge is -2.24. The molecule has 5 rings (SSSR count). The summed E-state index contributed by atoms with van der Waals surface area (Å²) in [7, 11) is 6.48. The van der Waals surface area contributed by atoms with Gasteiger partial charge in [0.15, 0.2) is 23.0 Å². The number of methoxy groups -OCH3 is 4. The summed E-state index contributed by atoms with van der Waals surface area (Å²) in [5, 5.41) is 22.1. The zero-order valence-electron chi connectivity index (χ0n) is 31.3. The molecular weight excluding hydrogens is 648 g/mol. The fourth-order valence-corrected chi connectivity index (χ4v) is 6.88. The van der Waals surface area contributed by atoms with Gasteiger partial charge in [-0.15, -0.1) is 0 Å². The van der Waals surface area contributed by atoms with Crippen LogP contribution in [0.15, 0.2) is 72.8 Å². The van der Waals surface area contributed by atoms with E-state index in [1.807, 2.05) is 100 Å². The van der Waals surface area contributed by atoms with Gasteiger partial charge in [-0.2, -0.15) is 0 Å². The second-order valence-electron chi connectivity index (χ2n) is 13.5. The summed E-state index contributed by atoms with van der Waals surface area (Å²) in [6.45, 7) is 11.9. The molecule has 0 aromatic heterocycles. The average Bonchev–Trinajstić information content (AvgIpc) is 3.44. The first-order valence-corrected chi connectivity index (χ1v) is 17.4. The molecule has 0 amide bonds. The van der Waals surface area contributed by atoms with Gasteiger partial charge < -0.3 is 43.4 Å². The minimum absolute atomic E-state index is 0.190. The number of benzene rings is 4. The maximum absolute atomic E-state index is 11.1. The van der Waals surface area contributed by atoms with Gasteiger partial charge in [-0.05, 0) is 121 Å². The van der Waals surface area contributed by atoms with Crippen LogP contribution in [0.2, 0.25) is 0 Å². The molecule has 1 aliphatic rings. The summed E-state index contributed by atoms with van der Waals surface area (Å²) in [4.78, 5) is 0. The molecule has 1 saturated heterocycles. The van der Waals surface area contributed by atoms with E-state index in [2.05, 4.69) is 13.8 Å². The van der Waals surface area contributed by atoms with Gasteiger partial charge in [-0.25, -0.2) is 0 Å². The van der Waals surface area contributed by atoms with Crippen LogP contribution in [0.3, 0.4) is 0 Å². The number of aliphatic hydroxyl groups is 2. The van der Waals surface area contributed by atoms with Gasteiger partial charge in [0.05, 0.1) is 40.6 Å². The van der Waals surface area contributed by atoms with Crippen molar-refractivity contribution in [3.63, 3.8) is 0 Å². The molecule has 1 heterocycles. The Morgan fingerprint density at radius 2 is 0.863 bits per heavy atom. The Balaban J connectivity index is 1.28. The van der Waals surface area contributed by atoms with E-state index in [0.717, 1.165) is 44.9 Å². The predicted molar refractivity (Wildman–Crippen MR) is 196 cm³/mol. The van der Waals surface area contributed by atoms with Crippen LogP contribution in [0.4, 0.5) is 0 Å². The van der Waals surface area contributed by atoms with E-state index in [1.54, 1.807) is 28.4 Å². The van der Waals surface area contributed by atoms with Crippen LogP contribution in [0, 0.1) is 25.7 Å². The second kappa shape index (κ2) is 16.3. The van der Waals surface area contributed by atoms with Crippen molar-refractivity contribution in [3.8, 4) is 34.5 Å². The summed E-state index contributed by atoms with van der Waals surface area (Å²) in [6.07, 6.45) is -3.16. The fraction of sp³-hybridized carbons (Fsp3) is 0.429. The minimum atomic E-state index is -0.849. The van der Waals surface area contributed by atoms with Gasteiger partial charge in [0.25, 0.3) is 0 Å². The zero-order valence-corrected chi connectivity index (χ0v) is 31.3. The summed E-state index contributed by atoms with van der Waals surface area (Å²) >= 11 is 0. The third kappa shape index (κ3) is 8.06. The summed E-state index contributed by atoms with van der Waals surface area (Å²) < 4.78 is 41.5. The first-order chi connectivity index (χ1) is 24.4. The molecule has 1 fully saturated rings. The number of hydrogen-bond donors (Lipinski definition) is 2. The second-order valence-corrected chi connectivity index (χ2v) is 13.5. The van der Waals surface area contributed by atoms with Gasteiger partial charge >= 0.3 is 0 Å². The van der Waals surface area contributed by atoms with Gasteiger partial charge in [-0.3, -0.25) is 0 Å². The molecule has 0 aliphatic carbocycles. The highest BCUT2D eigenvalue weighted by Gasteiger charge is 2.41. The molecule has 8 atom stereocenters. The van der Waals surface area contributed by atoms with Crippen molar-refractivity contribution in [2.75, 3.05) is 28.4 Å². The molecule has 2 unspecified atom stereocenters. The number of aliphatic hydroxyl groups excluding tert-OH is 2.